The zero-order chi connectivity index (χ0) is 14.0. The average molecular weight is 285 g/mol. The standard InChI is InChI=1S/C11H15N3O4S/c12-9-6-10(8-11(7-9)14(15)16)13-2-1-4-19(17,18)5-3-13/h6-8H,1-5,12H2. The number of nitrogens with two attached hydrogens (primary N) is 1. The second kappa shape index (κ2) is 5.04. The molecule has 2 N–H and O–H groups in total. The van der Waals surface area contributed by atoms with E-state index in [0.29, 0.717) is 30.9 Å². The first-order valence-corrected chi connectivity index (χ1v) is 7.70. The van der Waals surface area contributed by atoms with Gasteiger partial charge in [-0.1, -0.05) is 0 Å². The van der Waals surface area contributed by atoms with E-state index in [1.165, 1.54) is 12.1 Å². The molecule has 7 nitrogen and oxygen atoms in total. The average Bonchev–Trinajstić information content (AvgIpc) is 2.49. The molecule has 0 amide bonds. The smallest absolute Gasteiger partial charge is 0.273 e. The lowest BCUT2D eigenvalue weighted by molar-refractivity contribution is -0.384. The minimum Gasteiger partial charge on any atom is -0.398 e. The van der Waals surface area contributed by atoms with Gasteiger partial charge in [-0.25, -0.2) is 8.42 Å². The lowest BCUT2D eigenvalue weighted by Gasteiger charge is -2.22. The molecule has 1 aromatic rings. The Hall–Kier alpha value is -1.83. The third-order valence-electron chi connectivity index (χ3n) is 3.06. The van der Waals surface area contributed by atoms with Crippen molar-refractivity contribution in [3.05, 3.63) is 28.3 Å². The second-order valence-corrected chi connectivity index (χ2v) is 6.84. The molecule has 1 aromatic carbocycles. The number of nitrogens with zero attached hydrogens (tertiary/aromatic N) is 2. The van der Waals surface area contributed by atoms with Gasteiger partial charge in [-0.2, -0.15) is 0 Å². The molecule has 0 aliphatic carbocycles. The molecule has 0 aromatic heterocycles. The van der Waals surface area contributed by atoms with Crippen molar-refractivity contribution in [2.75, 3.05) is 35.2 Å². The van der Waals surface area contributed by atoms with Gasteiger partial charge in [0.05, 0.1) is 16.4 Å². The van der Waals surface area contributed by atoms with E-state index in [4.69, 9.17) is 5.73 Å². The van der Waals surface area contributed by atoms with Crippen LogP contribution in [0.4, 0.5) is 17.1 Å². The van der Waals surface area contributed by atoms with Crippen LogP contribution in [0, 0.1) is 10.1 Å². The molecule has 19 heavy (non-hydrogen) atoms. The molecule has 0 unspecified atom stereocenters. The highest BCUT2D eigenvalue weighted by Gasteiger charge is 2.21. The lowest BCUT2D eigenvalue weighted by Crippen LogP contribution is -2.26. The maximum absolute atomic E-state index is 11.5. The molecule has 2 rings (SSSR count). The van der Waals surface area contributed by atoms with Crippen LogP contribution in [0.3, 0.4) is 0 Å². The fraction of sp³-hybridized carbons (Fsp3) is 0.455. The number of nitro benzene ring substituents is 1. The van der Waals surface area contributed by atoms with Crippen molar-refractivity contribution >= 4 is 26.9 Å². The number of rotatable bonds is 2. The zero-order valence-electron chi connectivity index (χ0n) is 10.3. The fourth-order valence-electron chi connectivity index (χ4n) is 2.10. The van der Waals surface area contributed by atoms with E-state index in [2.05, 4.69) is 0 Å². The molecule has 0 radical (unpaired) electrons. The Kier molecular flexibility index (Phi) is 3.61. The summed E-state index contributed by atoms with van der Waals surface area (Å²) in [6.45, 7) is 0.892. The maximum Gasteiger partial charge on any atom is 0.273 e. The van der Waals surface area contributed by atoms with E-state index in [1.54, 1.807) is 6.07 Å². The molecule has 8 heteroatoms. The molecule has 0 atom stereocenters. The highest BCUT2D eigenvalue weighted by Crippen LogP contribution is 2.26. The zero-order valence-corrected chi connectivity index (χ0v) is 11.1. The number of hydrogen-bond acceptors (Lipinski definition) is 6. The van der Waals surface area contributed by atoms with E-state index in [0.717, 1.165) is 0 Å². The van der Waals surface area contributed by atoms with Crippen molar-refractivity contribution in [1.29, 1.82) is 0 Å². The Morgan fingerprint density at radius 1 is 1.21 bits per heavy atom. The Labute approximate surface area is 111 Å². The van der Waals surface area contributed by atoms with Gasteiger partial charge < -0.3 is 10.6 Å². The van der Waals surface area contributed by atoms with E-state index < -0.39 is 14.8 Å². The first-order chi connectivity index (χ1) is 8.87. The van der Waals surface area contributed by atoms with Gasteiger partial charge in [-0.3, -0.25) is 10.1 Å². The SMILES string of the molecule is Nc1cc(N2CCCS(=O)(=O)CC2)cc([N+](=O)[O-])c1. The third kappa shape index (κ3) is 3.34. The van der Waals surface area contributed by atoms with Gasteiger partial charge in [0.1, 0.15) is 0 Å². The normalized spacial score (nSPS) is 18.8. The highest BCUT2D eigenvalue weighted by atomic mass is 32.2. The van der Waals surface area contributed by atoms with Crippen LogP contribution < -0.4 is 10.6 Å². The van der Waals surface area contributed by atoms with E-state index in [-0.39, 0.29) is 17.2 Å². The topological polar surface area (TPSA) is 107 Å². The van der Waals surface area contributed by atoms with Crippen LogP contribution >= 0.6 is 0 Å². The summed E-state index contributed by atoms with van der Waals surface area (Å²) in [7, 11) is -3.00. The van der Waals surface area contributed by atoms with Crippen LogP contribution in [-0.2, 0) is 9.84 Å². The molecular formula is C11H15N3O4S. The number of nitro groups is 1. The summed E-state index contributed by atoms with van der Waals surface area (Å²) >= 11 is 0. The van der Waals surface area contributed by atoms with Crippen molar-refractivity contribution in [2.24, 2.45) is 0 Å². The Bertz CT molecular complexity index is 600. The molecule has 0 bridgehead atoms. The highest BCUT2D eigenvalue weighted by molar-refractivity contribution is 7.91. The van der Waals surface area contributed by atoms with Gasteiger partial charge in [0.15, 0.2) is 9.84 Å². The van der Waals surface area contributed by atoms with Gasteiger partial charge in [0.2, 0.25) is 0 Å². The number of hydrogen-bond donors (Lipinski definition) is 1. The first kappa shape index (κ1) is 13.6. The quantitative estimate of drug-likeness (QED) is 0.489. The van der Waals surface area contributed by atoms with E-state index in [9.17, 15) is 18.5 Å². The first-order valence-electron chi connectivity index (χ1n) is 5.88. The largest absolute Gasteiger partial charge is 0.398 e. The molecule has 1 saturated heterocycles. The van der Waals surface area contributed by atoms with Crippen LogP contribution in [0.25, 0.3) is 0 Å². The van der Waals surface area contributed by atoms with Gasteiger partial charge in [0.25, 0.3) is 5.69 Å². The molecule has 1 aliphatic heterocycles. The monoisotopic (exact) mass is 285 g/mol. The molecule has 1 heterocycles. The molecule has 0 saturated carbocycles. The van der Waals surface area contributed by atoms with Crippen molar-refractivity contribution in [2.45, 2.75) is 6.42 Å². The fourth-order valence-corrected chi connectivity index (χ4v) is 3.37. The summed E-state index contributed by atoms with van der Waals surface area (Å²) in [6.07, 6.45) is 0.519. The molecule has 0 spiro atoms. The molecule has 104 valence electrons. The Balaban J connectivity index is 2.29. The minimum atomic E-state index is -3.00. The third-order valence-corrected chi connectivity index (χ3v) is 4.77. The summed E-state index contributed by atoms with van der Waals surface area (Å²) < 4.78 is 23.1. The summed E-state index contributed by atoms with van der Waals surface area (Å²) in [4.78, 5) is 12.1. The number of sulfone groups is 1. The number of non-ortho nitro benzene ring substituents is 1. The van der Waals surface area contributed by atoms with Crippen LogP contribution in [-0.4, -0.2) is 37.9 Å². The van der Waals surface area contributed by atoms with Gasteiger partial charge in [-0.15, -0.1) is 0 Å². The number of benzene rings is 1. The lowest BCUT2D eigenvalue weighted by atomic mass is 10.2. The summed E-state index contributed by atoms with van der Waals surface area (Å²) in [5.41, 5.74) is 6.47. The second-order valence-electron chi connectivity index (χ2n) is 4.53. The maximum atomic E-state index is 11.5. The van der Waals surface area contributed by atoms with Crippen LogP contribution in [0.15, 0.2) is 18.2 Å². The predicted molar refractivity (Wildman–Crippen MR) is 73.0 cm³/mol. The summed E-state index contributed by atoms with van der Waals surface area (Å²) in [5.74, 6) is 0.226. The van der Waals surface area contributed by atoms with Crippen LogP contribution in [0.2, 0.25) is 0 Å². The Morgan fingerprint density at radius 2 is 1.95 bits per heavy atom. The number of anilines is 2. The minimum absolute atomic E-state index is 0.0651. The van der Waals surface area contributed by atoms with Crippen molar-refractivity contribution < 1.29 is 13.3 Å². The van der Waals surface area contributed by atoms with Crippen LogP contribution in [0.5, 0.6) is 0 Å². The van der Waals surface area contributed by atoms with Crippen molar-refractivity contribution in [3.8, 4) is 0 Å². The summed E-state index contributed by atoms with van der Waals surface area (Å²) in [5, 5.41) is 10.8. The Morgan fingerprint density at radius 3 is 2.63 bits per heavy atom. The van der Waals surface area contributed by atoms with Crippen molar-refractivity contribution in [1.82, 2.24) is 0 Å². The van der Waals surface area contributed by atoms with Crippen molar-refractivity contribution in [3.63, 3.8) is 0 Å². The predicted octanol–water partition coefficient (Wildman–Crippen LogP) is 0.802. The summed E-state index contributed by atoms with van der Waals surface area (Å²) in [6, 6.07) is 4.34. The van der Waals surface area contributed by atoms with E-state index in [1.807, 2.05) is 4.90 Å². The molecular weight excluding hydrogens is 270 g/mol. The number of nitrogen functional groups attached to an aromatic ring is 1. The van der Waals surface area contributed by atoms with Crippen LogP contribution in [0.1, 0.15) is 6.42 Å². The van der Waals surface area contributed by atoms with Gasteiger partial charge in [0, 0.05) is 36.6 Å². The molecule has 1 fully saturated rings. The molecule has 1 aliphatic rings. The van der Waals surface area contributed by atoms with E-state index >= 15 is 0 Å². The van der Waals surface area contributed by atoms with Gasteiger partial charge >= 0.3 is 0 Å². The van der Waals surface area contributed by atoms with Gasteiger partial charge in [-0.05, 0) is 12.5 Å².